The molecule has 1 unspecified atom stereocenters. The second kappa shape index (κ2) is 11.1. The van der Waals surface area contributed by atoms with Gasteiger partial charge in [-0.1, -0.05) is 11.6 Å². The molecule has 8 nitrogen and oxygen atoms in total. The number of nitrogens with zero attached hydrogens (tertiary/aromatic N) is 3. The number of anilines is 1. The van der Waals surface area contributed by atoms with Gasteiger partial charge in [0.25, 0.3) is 0 Å². The predicted octanol–water partition coefficient (Wildman–Crippen LogP) is 2.76. The van der Waals surface area contributed by atoms with Crippen LogP contribution in [0.2, 0.25) is 4.34 Å². The molecule has 0 aromatic carbocycles. The summed E-state index contributed by atoms with van der Waals surface area (Å²) in [6, 6.07) is 6.41. The fourth-order valence-corrected chi connectivity index (χ4v) is 5.71. The molecular formula is C20H25ClN4O4S2. The average Bonchev–Trinajstić information content (AvgIpc) is 3.33. The largest absolute Gasteiger partial charge is 0.383 e. The molecule has 3 heterocycles. The van der Waals surface area contributed by atoms with Crippen LogP contribution in [0.5, 0.6) is 0 Å². The van der Waals surface area contributed by atoms with Crippen LogP contribution in [0, 0.1) is 0 Å². The van der Waals surface area contributed by atoms with Crippen LogP contribution in [-0.4, -0.2) is 74.5 Å². The topological polar surface area (TPSA) is 91.8 Å². The predicted molar refractivity (Wildman–Crippen MR) is 124 cm³/mol. The third-order valence-electron chi connectivity index (χ3n) is 4.85. The zero-order valence-electron chi connectivity index (χ0n) is 17.1. The second-order valence-corrected chi connectivity index (χ2v) is 10.4. The molecule has 2 aromatic heterocycles. The summed E-state index contributed by atoms with van der Waals surface area (Å²) in [5, 5.41) is 4.37. The number of rotatable bonds is 11. The highest BCUT2D eigenvalue weighted by Crippen LogP contribution is 2.25. The fraction of sp³-hybridized carbons (Fsp3) is 0.400. The zero-order chi connectivity index (χ0) is 22.3. The Bertz CT molecular complexity index is 998. The number of thiophene rings is 1. The van der Waals surface area contributed by atoms with E-state index in [9.17, 15) is 13.2 Å². The first kappa shape index (κ1) is 23.7. The van der Waals surface area contributed by atoms with E-state index in [1.807, 2.05) is 12.1 Å². The van der Waals surface area contributed by atoms with Crippen LogP contribution < -0.4 is 5.32 Å². The molecule has 11 heteroatoms. The van der Waals surface area contributed by atoms with E-state index in [4.69, 9.17) is 16.3 Å². The van der Waals surface area contributed by atoms with Gasteiger partial charge < -0.3 is 15.0 Å². The van der Waals surface area contributed by atoms with E-state index in [0.29, 0.717) is 30.4 Å². The van der Waals surface area contributed by atoms with Gasteiger partial charge in [-0.15, -0.1) is 11.3 Å². The van der Waals surface area contributed by atoms with Gasteiger partial charge in [-0.2, -0.15) is 4.31 Å². The summed E-state index contributed by atoms with van der Waals surface area (Å²) >= 11 is 7.19. The van der Waals surface area contributed by atoms with Crippen LogP contribution in [0.1, 0.15) is 11.3 Å². The molecule has 31 heavy (non-hydrogen) atoms. The molecule has 0 spiro atoms. The number of nitrogens with one attached hydrogen (secondary N) is 1. The minimum atomic E-state index is -3.82. The van der Waals surface area contributed by atoms with Crippen LogP contribution in [0.15, 0.2) is 42.1 Å². The summed E-state index contributed by atoms with van der Waals surface area (Å²) in [5.41, 5.74) is 0.918. The van der Waals surface area contributed by atoms with Crippen LogP contribution in [0.25, 0.3) is 6.08 Å². The number of carbonyl (C=O) groups excluding carboxylic acids is 1. The molecule has 1 aliphatic heterocycles. The smallest absolute Gasteiger partial charge is 0.241 e. The highest BCUT2D eigenvalue weighted by atomic mass is 35.5. The monoisotopic (exact) mass is 484 g/mol. The molecular weight excluding hydrogens is 460 g/mol. The van der Waals surface area contributed by atoms with Crippen molar-refractivity contribution in [2.45, 2.75) is 12.5 Å². The van der Waals surface area contributed by atoms with Crippen LogP contribution in [-0.2, 0) is 19.6 Å². The fourth-order valence-electron chi connectivity index (χ4n) is 3.31. The summed E-state index contributed by atoms with van der Waals surface area (Å²) in [4.78, 5) is 19.4. The molecule has 1 aliphatic rings. The van der Waals surface area contributed by atoms with E-state index >= 15 is 0 Å². The van der Waals surface area contributed by atoms with E-state index in [1.165, 1.54) is 28.8 Å². The van der Waals surface area contributed by atoms with Crippen molar-refractivity contribution in [1.82, 2.24) is 14.2 Å². The summed E-state index contributed by atoms with van der Waals surface area (Å²) in [5.74, 6) is -0.191. The Kier molecular flexibility index (Phi) is 8.44. The molecule has 1 atom stereocenters. The highest BCUT2D eigenvalue weighted by Gasteiger charge is 2.40. The van der Waals surface area contributed by atoms with Crippen molar-refractivity contribution < 1.29 is 17.9 Å². The number of sulfonamides is 1. The molecule has 1 fully saturated rings. The molecule has 3 rings (SSSR count). The number of halogens is 1. The summed E-state index contributed by atoms with van der Waals surface area (Å²) < 4.78 is 32.9. The lowest BCUT2D eigenvalue weighted by molar-refractivity contribution is -0.130. The first-order chi connectivity index (χ1) is 14.9. The summed E-state index contributed by atoms with van der Waals surface area (Å²) in [7, 11) is -2.32. The van der Waals surface area contributed by atoms with Gasteiger partial charge in [0.15, 0.2) is 0 Å². The molecule has 0 bridgehead atoms. The minimum Gasteiger partial charge on any atom is -0.383 e. The normalized spacial score (nSPS) is 17.2. The van der Waals surface area contributed by atoms with Crippen LogP contribution in [0.4, 0.5) is 5.69 Å². The maximum absolute atomic E-state index is 13.0. The number of carbonyl (C=O) groups is 1. The van der Waals surface area contributed by atoms with Gasteiger partial charge >= 0.3 is 0 Å². The van der Waals surface area contributed by atoms with Crippen molar-refractivity contribution in [2.24, 2.45) is 0 Å². The Morgan fingerprint density at radius 1 is 1.35 bits per heavy atom. The number of ether oxygens (including phenoxy) is 1. The van der Waals surface area contributed by atoms with Crippen molar-refractivity contribution in [1.29, 1.82) is 0 Å². The van der Waals surface area contributed by atoms with Crippen molar-refractivity contribution in [3.63, 3.8) is 0 Å². The average molecular weight is 485 g/mol. The molecule has 0 radical (unpaired) electrons. The summed E-state index contributed by atoms with van der Waals surface area (Å²) in [6.45, 7) is 1.86. The van der Waals surface area contributed by atoms with E-state index in [1.54, 1.807) is 29.4 Å². The standard InChI is InChI=1S/C20H25ClN4O4S2/c1-29-14-13-25(31(27,28)15-7-17-2-3-19(21)30-17)18-6-11-24(20(18)26)12-10-23-16-4-8-22-9-5-16/h2-5,7-9,15,18H,6,10-14H2,1H3,(H,22,23)/b15-7+. The second-order valence-electron chi connectivity index (χ2n) is 6.89. The molecule has 1 amide bonds. The first-order valence-corrected chi connectivity index (χ1v) is 12.5. The zero-order valence-corrected chi connectivity index (χ0v) is 19.5. The Labute approximate surface area is 191 Å². The number of amides is 1. The van der Waals surface area contributed by atoms with Crippen molar-refractivity contribution in [3.8, 4) is 0 Å². The van der Waals surface area contributed by atoms with Crippen molar-refractivity contribution >= 4 is 50.6 Å². The third kappa shape index (κ3) is 6.50. The maximum Gasteiger partial charge on any atom is 0.241 e. The Balaban J connectivity index is 1.65. The molecule has 1 N–H and O–H groups in total. The number of likely N-dealkylation sites (tertiary alicyclic amines) is 1. The lowest BCUT2D eigenvalue weighted by Gasteiger charge is -2.26. The maximum atomic E-state index is 13.0. The molecule has 168 valence electrons. The van der Waals surface area contributed by atoms with E-state index in [-0.39, 0.29) is 19.1 Å². The molecule has 0 aliphatic carbocycles. The number of hydrogen-bond donors (Lipinski definition) is 1. The summed E-state index contributed by atoms with van der Waals surface area (Å²) in [6.07, 6.45) is 5.32. The van der Waals surface area contributed by atoms with E-state index in [0.717, 1.165) is 16.0 Å². The quantitative estimate of drug-likeness (QED) is 0.527. The van der Waals surface area contributed by atoms with Gasteiger partial charge in [0.05, 0.1) is 10.9 Å². The van der Waals surface area contributed by atoms with Gasteiger partial charge in [-0.3, -0.25) is 9.78 Å². The van der Waals surface area contributed by atoms with Gasteiger partial charge in [0, 0.05) is 61.7 Å². The Hall–Kier alpha value is -1.98. The number of pyridine rings is 1. The van der Waals surface area contributed by atoms with Gasteiger partial charge in [-0.25, -0.2) is 8.42 Å². The SMILES string of the molecule is COCCN(C1CCN(CCNc2ccncc2)C1=O)S(=O)(=O)/C=C/c1ccc(Cl)s1. The highest BCUT2D eigenvalue weighted by molar-refractivity contribution is 7.92. The van der Waals surface area contributed by atoms with E-state index in [2.05, 4.69) is 10.3 Å². The molecule has 1 saturated heterocycles. The minimum absolute atomic E-state index is 0.105. The Morgan fingerprint density at radius 2 is 2.13 bits per heavy atom. The van der Waals surface area contributed by atoms with Crippen molar-refractivity contribution in [2.75, 3.05) is 45.2 Å². The van der Waals surface area contributed by atoms with Gasteiger partial charge in [0.2, 0.25) is 15.9 Å². The number of hydrogen-bond acceptors (Lipinski definition) is 7. The Morgan fingerprint density at radius 3 is 2.81 bits per heavy atom. The third-order valence-corrected chi connectivity index (χ3v) is 7.62. The van der Waals surface area contributed by atoms with Crippen molar-refractivity contribution in [3.05, 3.63) is 51.3 Å². The number of aromatic nitrogens is 1. The van der Waals surface area contributed by atoms with Crippen LogP contribution >= 0.6 is 22.9 Å². The van der Waals surface area contributed by atoms with Gasteiger partial charge in [-0.05, 0) is 36.8 Å². The van der Waals surface area contributed by atoms with E-state index < -0.39 is 16.1 Å². The first-order valence-electron chi connectivity index (χ1n) is 9.77. The van der Waals surface area contributed by atoms with Crippen LogP contribution in [0.3, 0.4) is 0 Å². The molecule has 0 saturated carbocycles. The van der Waals surface area contributed by atoms with Gasteiger partial charge in [0.1, 0.15) is 6.04 Å². The molecule has 2 aromatic rings. The number of methoxy groups -OCH3 is 1. The lowest BCUT2D eigenvalue weighted by atomic mass is 10.2. The lowest BCUT2D eigenvalue weighted by Crippen LogP contribution is -2.46.